The minimum atomic E-state index is 0.181. The summed E-state index contributed by atoms with van der Waals surface area (Å²) in [5.41, 5.74) is 0. The predicted octanol–water partition coefficient (Wildman–Crippen LogP) is 1.35. The maximum absolute atomic E-state index is 9.63. The Morgan fingerprint density at radius 1 is 1.20 bits per heavy atom. The minimum Gasteiger partial charge on any atom is -0.394 e. The molecule has 7 heteroatoms. The quantitative estimate of drug-likeness (QED) is 0.770. The molecule has 7 nitrogen and oxygen atoms in total. The van der Waals surface area contributed by atoms with E-state index >= 15 is 0 Å². The molecule has 0 aromatic carbocycles. The number of hydrogen-bond donors (Lipinski definition) is 2. The third kappa shape index (κ3) is 5.03. The lowest BCUT2D eigenvalue weighted by atomic mass is 10.0. The van der Waals surface area contributed by atoms with Gasteiger partial charge >= 0.3 is 0 Å². The van der Waals surface area contributed by atoms with E-state index in [2.05, 4.69) is 25.1 Å². The first-order chi connectivity index (χ1) is 12.3. The Morgan fingerprint density at radius 3 is 2.80 bits per heavy atom. The standard InChI is InChI=1S/C18H31N5O2/c1-25-11-10-22-8-5-15(6-9-22)21-17-12-18(20-14-19-17)23-7-3-2-4-16(23)13-24/h12,14-16,24H,2-11,13H2,1H3,(H,19,20,21). The highest BCUT2D eigenvalue weighted by atomic mass is 16.5. The van der Waals surface area contributed by atoms with Gasteiger partial charge in [-0.2, -0.15) is 0 Å². The molecular formula is C18H31N5O2. The number of piperidine rings is 2. The van der Waals surface area contributed by atoms with E-state index in [9.17, 15) is 5.11 Å². The molecule has 0 radical (unpaired) electrons. The van der Waals surface area contributed by atoms with Crippen molar-refractivity contribution in [1.82, 2.24) is 14.9 Å². The summed E-state index contributed by atoms with van der Waals surface area (Å²) in [7, 11) is 1.75. The first-order valence-corrected chi connectivity index (χ1v) is 9.47. The molecule has 0 bridgehead atoms. The van der Waals surface area contributed by atoms with Crippen molar-refractivity contribution in [3.63, 3.8) is 0 Å². The van der Waals surface area contributed by atoms with Crippen LogP contribution < -0.4 is 10.2 Å². The first-order valence-electron chi connectivity index (χ1n) is 9.47. The predicted molar refractivity (Wildman–Crippen MR) is 99.1 cm³/mol. The highest BCUT2D eigenvalue weighted by molar-refractivity contribution is 5.50. The summed E-state index contributed by atoms with van der Waals surface area (Å²) < 4.78 is 5.16. The van der Waals surface area contributed by atoms with Gasteiger partial charge in [-0.15, -0.1) is 0 Å². The summed E-state index contributed by atoms with van der Waals surface area (Å²) >= 11 is 0. The lowest BCUT2D eigenvalue weighted by Gasteiger charge is -2.36. The molecule has 1 unspecified atom stereocenters. The smallest absolute Gasteiger partial charge is 0.134 e. The van der Waals surface area contributed by atoms with E-state index in [0.29, 0.717) is 6.04 Å². The van der Waals surface area contributed by atoms with E-state index < -0.39 is 0 Å². The van der Waals surface area contributed by atoms with Crippen LogP contribution in [0.3, 0.4) is 0 Å². The Hall–Kier alpha value is -1.44. The van der Waals surface area contributed by atoms with E-state index in [1.54, 1.807) is 13.4 Å². The summed E-state index contributed by atoms with van der Waals surface area (Å²) in [5, 5.41) is 13.2. The number of nitrogens with zero attached hydrogens (tertiary/aromatic N) is 4. The highest BCUT2D eigenvalue weighted by Crippen LogP contribution is 2.25. The molecule has 1 atom stereocenters. The van der Waals surface area contributed by atoms with Gasteiger partial charge in [-0.1, -0.05) is 0 Å². The van der Waals surface area contributed by atoms with Crippen molar-refractivity contribution < 1.29 is 9.84 Å². The molecule has 2 fully saturated rings. The van der Waals surface area contributed by atoms with Crippen molar-refractivity contribution >= 4 is 11.6 Å². The van der Waals surface area contributed by atoms with Crippen LogP contribution in [0.2, 0.25) is 0 Å². The monoisotopic (exact) mass is 349 g/mol. The number of ether oxygens (including phenoxy) is 1. The second-order valence-electron chi connectivity index (χ2n) is 7.04. The zero-order valence-electron chi connectivity index (χ0n) is 15.2. The molecule has 3 rings (SSSR count). The van der Waals surface area contributed by atoms with Crippen LogP contribution >= 0.6 is 0 Å². The number of aromatic nitrogens is 2. The second kappa shape index (κ2) is 9.31. The third-order valence-corrected chi connectivity index (χ3v) is 5.34. The van der Waals surface area contributed by atoms with Crippen molar-refractivity contribution in [3.8, 4) is 0 Å². The Balaban J connectivity index is 1.55. The van der Waals surface area contributed by atoms with E-state index in [-0.39, 0.29) is 12.6 Å². The van der Waals surface area contributed by atoms with E-state index in [0.717, 1.165) is 70.1 Å². The van der Waals surface area contributed by atoms with Crippen LogP contribution in [0, 0.1) is 0 Å². The number of hydrogen-bond acceptors (Lipinski definition) is 7. The van der Waals surface area contributed by atoms with Crippen LogP contribution in [0.25, 0.3) is 0 Å². The Labute approximate surface area is 150 Å². The molecule has 140 valence electrons. The van der Waals surface area contributed by atoms with E-state index in [1.807, 2.05) is 6.07 Å². The normalized spacial score (nSPS) is 23.0. The molecule has 2 N–H and O–H groups in total. The molecule has 0 spiro atoms. The average Bonchev–Trinajstić information content (AvgIpc) is 2.67. The molecule has 2 saturated heterocycles. The molecular weight excluding hydrogens is 318 g/mol. The number of rotatable bonds is 7. The summed E-state index contributed by atoms with van der Waals surface area (Å²) in [4.78, 5) is 13.5. The molecule has 0 aliphatic carbocycles. The van der Waals surface area contributed by atoms with E-state index in [1.165, 1.54) is 6.42 Å². The first kappa shape index (κ1) is 18.4. The lowest BCUT2D eigenvalue weighted by molar-refractivity contribution is 0.132. The fourth-order valence-corrected chi connectivity index (χ4v) is 3.81. The molecule has 2 aliphatic heterocycles. The number of nitrogens with one attached hydrogen (secondary N) is 1. The molecule has 3 heterocycles. The van der Waals surface area contributed by atoms with Gasteiger partial charge in [0.25, 0.3) is 0 Å². The van der Waals surface area contributed by atoms with Gasteiger partial charge in [0.05, 0.1) is 19.3 Å². The molecule has 25 heavy (non-hydrogen) atoms. The van der Waals surface area contributed by atoms with Crippen LogP contribution in [0.4, 0.5) is 11.6 Å². The maximum atomic E-state index is 9.63. The van der Waals surface area contributed by atoms with Crippen LogP contribution in [-0.2, 0) is 4.74 Å². The van der Waals surface area contributed by atoms with Crippen molar-refractivity contribution in [3.05, 3.63) is 12.4 Å². The lowest BCUT2D eigenvalue weighted by Crippen LogP contribution is -2.42. The van der Waals surface area contributed by atoms with Crippen molar-refractivity contribution in [2.24, 2.45) is 0 Å². The van der Waals surface area contributed by atoms with Gasteiger partial charge in [-0.05, 0) is 32.1 Å². The van der Waals surface area contributed by atoms with Crippen LogP contribution in [0.15, 0.2) is 12.4 Å². The molecule has 1 aromatic rings. The zero-order valence-corrected chi connectivity index (χ0v) is 15.2. The number of aliphatic hydroxyl groups is 1. The van der Waals surface area contributed by atoms with Gasteiger partial charge < -0.3 is 25.0 Å². The Bertz CT molecular complexity index is 522. The minimum absolute atomic E-state index is 0.181. The topological polar surface area (TPSA) is 73.8 Å². The molecule has 0 amide bonds. The summed E-state index contributed by atoms with van der Waals surface area (Å²) in [5.74, 6) is 1.82. The van der Waals surface area contributed by atoms with Gasteiger partial charge in [0.1, 0.15) is 18.0 Å². The number of anilines is 2. The van der Waals surface area contributed by atoms with Crippen LogP contribution in [0.5, 0.6) is 0 Å². The Morgan fingerprint density at radius 2 is 2.04 bits per heavy atom. The van der Waals surface area contributed by atoms with Gasteiger partial charge in [0.15, 0.2) is 0 Å². The fourth-order valence-electron chi connectivity index (χ4n) is 3.81. The van der Waals surface area contributed by atoms with Gasteiger partial charge in [0.2, 0.25) is 0 Å². The fraction of sp³-hybridized carbons (Fsp3) is 0.778. The molecule has 2 aliphatic rings. The van der Waals surface area contributed by atoms with E-state index in [4.69, 9.17) is 4.74 Å². The summed E-state index contributed by atoms with van der Waals surface area (Å²) in [6, 6.07) is 2.67. The zero-order chi connectivity index (χ0) is 17.5. The maximum Gasteiger partial charge on any atom is 0.134 e. The number of methoxy groups -OCH3 is 1. The van der Waals surface area contributed by atoms with Gasteiger partial charge in [-0.3, -0.25) is 0 Å². The Kier molecular flexibility index (Phi) is 6.84. The largest absolute Gasteiger partial charge is 0.394 e. The SMILES string of the molecule is COCCN1CCC(Nc2cc(N3CCCCC3CO)ncn2)CC1. The second-order valence-corrected chi connectivity index (χ2v) is 7.04. The van der Waals surface area contributed by atoms with Crippen molar-refractivity contribution in [2.75, 3.05) is 56.7 Å². The number of aliphatic hydroxyl groups excluding tert-OH is 1. The van der Waals surface area contributed by atoms with Crippen LogP contribution in [0.1, 0.15) is 32.1 Å². The van der Waals surface area contributed by atoms with Gasteiger partial charge in [-0.25, -0.2) is 9.97 Å². The average molecular weight is 349 g/mol. The number of likely N-dealkylation sites (tertiary alicyclic amines) is 1. The summed E-state index contributed by atoms with van der Waals surface area (Å²) in [6.45, 7) is 5.15. The van der Waals surface area contributed by atoms with Crippen molar-refractivity contribution in [2.45, 2.75) is 44.2 Å². The van der Waals surface area contributed by atoms with Gasteiger partial charge in [0, 0.05) is 45.4 Å². The summed E-state index contributed by atoms with van der Waals surface area (Å²) in [6.07, 6.45) is 7.23. The van der Waals surface area contributed by atoms with Crippen molar-refractivity contribution in [1.29, 1.82) is 0 Å². The molecule has 1 aromatic heterocycles. The van der Waals surface area contributed by atoms with Crippen LogP contribution in [-0.4, -0.2) is 78.6 Å². The highest BCUT2D eigenvalue weighted by Gasteiger charge is 2.24. The third-order valence-electron chi connectivity index (χ3n) is 5.34. The molecule has 0 saturated carbocycles.